The van der Waals surface area contributed by atoms with E-state index in [0.717, 1.165) is 25.7 Å². The van der Waals surface area contributed by atoms with Crippen molar-refractivity contribution >= 4 is 17.5 Å². The number of aliphatic hydroxyl groups is 1. The van der Waals surface area contributed by atoms with E-state index in [1.165, 1.54) is 6.92 Å². The zero-order valence-electron chi connectivity index (χ0n) is 12.3. The van der Waals surface area contributed by atoms with Crippen LogP contribution in [0.25, 0.3) is 0 Å². The smallest absolute Gasteiger partial charge is 0.319 e. The molecule has 0 bridgehead atoms. The maximum Gasteiger partial charge on any atom is 0.319 e. The first-order valence-electron chi connectivity index (χ1n) is 7.38. The molecule has 0 spiro atoms. The Balaban J connectivity index is 1.81. The summed E-state index contributed by atoms with van der Waals surface area (Å²) in [5.41, 5.74) is 1.17. The highest BCUT2D eigenvalue weighted by molar-refractivity contribution is 5.96. The number of aliphatic hydroxyl groups excluding tert-OH is 1. The lowest BCUT2D eigenvalue weighted by Gasteiger charge is -2.25. The third-order valence-electron chi connectivity index (χ3n) is 3.83. The highest BCUT2D eigenvalue weighted by Crippen LogP contribution is 2.23. The van der Waals surface area contributed by atoms with Crippen molar-refractivity contribution in [2.45, 2.75) is 38.7 Å². The molecule has 0 aliphatic heterocycles. The number of carbonyl (C=O) groups is 2. The van der Waals surface area contributed by atoms with Crippen LogP contribution in [0.2, 0.25) is 0 Å². The van der Waals surface area contributed by atoms with Crippen molar-refractivity contribution in [2.24, 2.45) is 5.92 Å². The molecule has 3 N–H and O–H groups in total. The van der Waals surface area contributed by atoms with Gasteiger partial charge in [-0.3, -0.25) is 4.79 Å². The maximum absolute atomic E-state index is 11.8. The monoisotopic (exact) mass is 290 g/mol. The summed E-state index contributed by atoms with van der Waals surface area (Å²) in [6.07, 6.45) is 3.42. The molecule has 1 aromatic rings. The molecule has 114 valence electrons. The van der Waals surface area contributed by atoms with Crippen molar-refractivity contribution in [2.75, 3.05) is 11.9 Å². The van der Waals surface area contributed by atoms with E-state index in [1.807, 2.05) is 0 Å². The number of ketones is 1. The summed E-state index contributed by atoms with van der Waals surface area (Å²) >= 11 is 0. The summed E-state index contributed by atoms with van der Waals surface area (Å²) in [7, 11) is 0. The molecule has 1 saturated carbocycles. The first-order chi connectivity index (χ1) is 10.0. The van der Waals surface area contributed by atoms with Gasteiger partial charge in [0.2, 0.25) is 0 Å². The lowest BCUT2D eigenvalue weighted by atomic mass is 9.87. The summed E-state index contributed by atoms with van der Waals surface area (Å²) < 4.78 is 0. The summed E-state index contributed by atoms with van der Waals surface area (Å²) in [6.45, 7) is 2.06. The second-order valence-electron chi connectivity index (χ2n) is 5.66. The lowest BCUT2D eigenvalue weighted by molar-refractivity contribution is 0.101. The van der Waals surface area contributed by atoms with Gasteiger partial charge in [0.25, 0.3) is 0 Å². The highest BCUT2D eigenvalue weighted by Gasteiger charge is 2.20. The van der Waals surface area contributed by atoms with Crippen LogP contribution < -0.4 is 10.6 Å². The molecule has 0 heterocycles. The van der Waals surface area contributed by atoms with Crippen LogP contribution in [-0.4, -0.2) is 29.6 Å². The number of urea groups is 1. The average Bonchev–Trinajstić information content (AvgIpc) is 2.45. The molecule has 2 atom stereocenters. The van der Waals surface area contributed by atoms with Gasteiger partial charge in [-0.2, -0.15) is 0 Å². The van der Waals surface area contributed by atoms with Gasteiger partial charge in [-0.15, -0.1) is 0 Å². The third kappa shape index (κ3) is 4.86. The van der Waals surface area contributed by atoms with Crippen LogP contribution >= 0.6 is 0 Å². The fourth-order valence-electron chi connectivity index (χ4n) is 2.68. The Kier molecular flexibility index (Phi) is 5.33. The predicted molar refractivity (Wildman–Crippen MR) is 81.4 cm³/mol. The highest BCUT2D eigenvalue weighted by atomic mass is 16.3. The number of hydrogen-bond acceptors (Lipinski definition) is 3. The Morgan fingerprint density at radius 1 is 1.33 bits per heavy atom. The van der Waals surface area contributed by atoms with E-state index in [0.29, 0.717) is 23.7 Å². The number of benzene rings is 1. The summed E-state index contributed by atoms with van der Waals surface area (Å²) in [5.74, 6) is 0.304. The largest absolute Gasteiger partial charge is 0.393 e. The summed E-state index contributed by atoms with van der Waals surface area (Å²) in [5, 5.41) is 15.1. The van der Waals surface area contributed by atoms with E-state index < -0.39 is 0 Å². The zero-order valence-corrected chi connectivity index (χ0v) is 12.3. The molecule has 1 fully saturated rings. The van der Waals surface area contributed by atoms with Gasteiger partial charge in [0.15, 0.2) is 5.78 Å². The van der Waals surface area contributed by atoms with Crippen LogP contribution in [0, 0.1) is 5.92 Å². The van der Waals surface area contributed by atoms with Gasteiger partial charge in [0, 0.05) is 17.8 Å². The fraction of sp³-hybridized carbons (Fsp3) is 0.500. The molecule has 2 unspecified atom stereocenters. The van der Waals surface area contributed by atoms with Crippen LogP contribution in [0.3, 0.4) is 0 Å². The molecule has 0 radical (unpaired) electrons. The normalized spacial score (nSPS) is 21.6. The Morgan fingerprint density at radius 3 is 2.86 bits per heavy atom. The zero-order chi connectivity index (χ0) is 15.2. The Hall–Kier alpha value is -1.88. The number of anilines is 1. The minimum atomic E-state index is -0.282. The van der Waals surface area contributed by atoms with E-state index >= 15 is 0 Å². The number of carbonyl (C=O) groups excluding carboxylic acids is 2. The SMILES string of the molecule is CC(=O)c1cccc(NC(=O)NCC2CCCC(O)C2)c1. The first-order valence-corrected chi connectivity index (χ1v) is 7.38. The van der Waals surface area contributed by atoms with Crippen molar-refractivity contribution in [3.05, 3.63) is 29.8 Å². The molecular weight excluding hydrogens is 268 g/mol. The van der Waals surface area contributed by atoms with Gasteiger partial charge in [0.05, 0.1) is 6.10 Å². The fourth-order valence-corrected chi connectivity index (χ4v) is 2.68. The number of rotatable bonds is 4. The Bertz CT molecular complexity index is 516. The molecule has 1 aromatic carbocycles. The van der Waals surface area contributed by atoms with Crippen LogP contribution in [0.15, 0.2) is 24.3 Å². The number of Topliss-reactive ketones (excluding diaryl/α,β-unsaturated/α-hetero) is 1. The van der Waals surface area contributed by atoms with E-state index in [2.05, 4.69) is 10.6 Å². The molecule has 0 aromatic heterocycles. The van der Waals surface area contributed by atoms with Crippen molar-refractivity contribution in [1.29, 1.82) is 0 Å². The maximum atomic E-state index is 11.8. The number of amides is 2. The van der Waals surface area contributed by atoms with Crippen LogP contribution in [0.1, 0.15) is 43.0 Å². The van der Waals surface area contributed by atoms with Crippen LogP contribution in [0.5, 0.6) is 0 Å². The number of hydrogen-bond donors (Lipinski definition) is 3. The molecule has 5 heteroatoms. The standard InChI is InChI=1S/C16H22N2O3/c1-11(19)13-5-3-6-14(9-13)18-16(21)17-10-12-4-2-7-15(20)8-12/h3,5-6,9,12,15,20H,2,4,7-8,10H2,1H3,(H2,17,18,21). The van der Waals surface area contributed by atoms with Gasteiger partial charge in [0.1, 0.15) is 0 Å². The minimum absolute atomic E-state index is 0.0322. The van der Waals surface area contributed by atoms with Gasteiger partial charge in [-0.1, -0.05) is 18.6 Å². The second-order valence-corrected chi connectivity index (χ2v) is 5.66. The van der Waals surface area contributed by atoms with E-state index in [1.54, 1.807) is 24.3 Å². The molecule has 2 rings (SSSR count). The van der Waals surface area contributed by atoms with Crippen LogP contribution in [0.4, 0.5) is 10.5 Å². The summed E-state index contributed by atoms with van der Waals surface area (Å²) in [6, 6.07) is 6.58. The molecule has 1 aliphatic rings. The van der Waals surface area contributed by atoms with Crippen molar-refractivity contribution in [3.8, 4) is 0 Å². The van der Waals surface area contributed by atoms with E-state index in [-0.39, 0.29) is 17.9 Å². The third-order valence-corrected chi connectivity index (χ3v) is 3.83. The topological polar surface area (TPSA) is 78.4 Å². The Morgan fingerprint density at radius 2 is 2.14 bits per heavy atom. The quantitative estimate of drug-likeness (QED) is 0.746. The van der Waals surface area contributed by atoms with Gasteiger partial charge < -0.3 is 15.7 Å². The van der Waals surface area contributed by atoms with Gasteiger partial charge in [-0.05, 0) is 44.2 Å². The second kappa shape index (κ2) is 7.22. The van der Waals surface area contributed by atoms with E-state index in [4.69, 9.17) is 0 Å². The van der Waals surface area contributed by atoms with Gasteiger partial charge in [-0.25, -0.2) is 4.79 Å². The summed E-state index contributed by atoms with van der Waals surface area (Å²) in [4.78, 5) is 23.1. The van der Waals surface area contributed by atoms with Crippen LogP contribution in [-0.2, 0) is 0 Å². The average molecular weight is 290 g/mol. The van der Waals surface area contributed by atoms with Crippen molar-refractivity contribution in [1.82, 2.24) is 5.32 Å². The van der Waals surface area contributed by atoms with Crippen molar-refractivity contribution < 1.29 is 14.7 Å². The molecule has 1 aliphatic carbocycles. The number of nitrogens with one attached hydrogen (secondary N) is 2. The minimum Gasteiger partial charge on any atom is -0.393 e. The predicted octanol–water partition coefficient (Wildman–Crippen LogP) is 2.56. The molecular formula is C16H22N2O3. The molecule has 21 heavy (non-hydrogen) atoms. The van der Waals surface area contributed by atoms with Gasteiger partial charge >= 0.3 is 6.03 Å². The molecule has 0 saturated heterocycles. The van der Waals surface area contributed by atoms with E-state index in [9.17, 15) is 14.7 Å². The lowest BCUT2D eigenvalue weighted by Crippen LogP contribution is -2.35. The Labute approximate surface area is 124 Å². The molecule has 2 amide bonds. The first kappa shape index (κ1) is 15.5. The molecule has 5 nitrogen and oxygen atoms in total. The van der Waals surface area contributed by atoms with Crippen molar-refractivity contribution in [3.63, 3.8) is 0 Å².